The summed E-state index contributed by atoms with van der Waals surface area (Å²) in [6.07, 6.45) is -0.346. The largest absolute Gasteiger partial charge is 0.480 e. The van der Waals surface area contributed by atoms with E-state index in [1.807, 2.05) is 0 Å². The molecule has 0 bridgehead atoms. The van der Waals surface area contributed by atoms with E-state index in [4.69, 9.17) is 5.11 Å². The van der Waals surface area contributed by atoms with Crippen molar-refractivity contribution in [3.63, 3.8) is 0 Å². The predicted molar refractivity (Wildman–Crippen MR) is 47.7 cm³/mol. The molecule has 1 N–H and O–H groups in total. The molecule has 0 heterocycles. The Morgan fingerprint density at radius 1 is 1.36 bits per heavy atom. The maximum absolute atomic E-state index is 11.3. The maximum atomic E-state index is 11.3. The zero-order valence-corrected chi connectivity index (χ0v) is 8.49. The van der Waals surface area contributed by atoms with Gasteiger partial charge in [0.05, 0.1) is 6.61 Å². The summed E-state index contributed by atoms with van der Waals surface area (Å²) in [5.41, 5.74) is -1.76. The number of carboxylic acid groups (broad SMARTS) is 1. The third kappa shape index (κ3) is 2.83. The van der Waals surface area contributed by atoms with E-state index in [1.54, 1.807) is 6.92 Å². The fraction of sp³-hybridized carbons (Fsp3) is 0.667. The van der Waals surface area contributed by atoms with Gasteiger partial charge in [0.25, 0.3) is 0 Å². The molecule has 0 aliphatic rings. The first kappa shape index (κ1) is 12.6. The first-order valence-electron chi connectivity index (χ1n) is 4.24. The first-order chi connectivity index (χ1) is 6.34. The molecule has 5 heteroatoms. The van der Waals surface area contributed by atoms with Crippen molar-refractivity contribution >= 4 is 17.7 Å². The van der Waals surface area contributed by atoms with Crippen LogP contribution >= 0.6 is 0 Å². The number of aliphatic carboxylic acids is 1. The number of carbonyl (C=O) groups excluding carboxylic acids is 2. The number of ether oxygens (including phenoxy) is 1. The maximum Gasteiger partial charge on any atom is 0.323 e. The zero-order valence-electron chi connectivity index (χ0n) is 8.49. The molecule has 0 saturated heterocycles. The quantitative estimate of drug-likeness (QED) is 0.522. The van der Waals surface area contributed by atoms with Crippen LogP contribution in [0, 0.1) is 5.41 Å². The minimum absolute atomic E-state index is 0.0968. The fourth-order valence-corrected chi connectivity index (χ4v) is 1.02. The van der Waals surface area contributed by atoms with Crippen molar-refractivity contribution in [1.29, 1.82) is 0 Å². The number of carbonyl (C=O) groups is 3. The van der Waals surface area contributed by atoms with Crippen LogP contribution in [0.1, 0.15) is 27.2 Å². The summed E-state index contributed by atoms with van der Waals surface area (Å²) < 4.78 is 4.60. The number of esters is 1. The predicted octanol–water partition coefficient (Wildman–Crippen LogP) is 0.620. The molecule has 5 nitrogen and oxygen atoms in total. The molecule has 80 valence electrons. The average Bonchev–Trinajstić information content (AvgIpc) is 2.02. The molecule has 1 unspecified atom stereocenters. The topological polar surface area (TPSA) is 80.7 Å². The van der Waals surface area contributed by atoms with Crippen molar-refractivity contribution in [2.75, 3.05) is 6.61 Å². The lowest BCUT2D eigenvalue weighted by atomic mass is 9.85. The molecule has 0 fully saturated rings. The van der Waals surface area contributed by atoms with Gasteiger partial charge in [-0.15, -0.1) is 0 Å². The van der Waals surface area contributed by atoms with Crippen molar-refractivity contribution in [1.82, 2.24) is 0 Å². The van der Waals surface area contributed by atoms with Gasteiger partial charge in [-0.05, 0) is 20.8 Å². The Kier molecular flexibility index (Phi) is 4.27. The average molecular weight is 202 g/mol. The Morgan fingerprint density at radius 2 is 1.86 bits per heavy atom. The van der Waals surface area contributed by atoms with E-state index in [2.05, 4.69) is 4.74 Å². The molecule has 0 spiro atoms. The summed E-state index contributed by atoms with van der Waals surface area (Å²) in [7, 11) is 0. The van der Waals surface area contributed by atoms with E-state index in [0.29, 0.717) is 0 Å². The van der Waals surface area contributed by atoms with Crippen LogP contribution in [0.3, 0.4) is 0 Å². The SMILES string of the molecule is CCOC(=O)C(C)(CC(C)=O)C(=O)O. The second kappa shape index (κ2) is 4.74. The minimum Gasteiger partial charge on any atom is -0.480 e. The number of hydrogen-bond acceptors (Lipinski definition) is 4. The third-order valence-electron chi connectivity index (χ3n) is 1.80. The van der Waals surface area contributed by atoms with E-state index in [9.17, 15) is 14.4 Å². The van der Waals surface area contributed by atoms with E-state index in [0.717, 1.165) is 0 Å². The highest BCUT2D eigenvalue weighted by atomic mass is 16.5. The van der Waals surface area contributed by atoms with Gasteiger partial charge in [-0.2, -0.15) is 0 Å². The molecule has 0 aromatic carbocycles. The van der Waals surface area contributed by atoms with Gasteiger partial charge in [0.15, 0.2) is 5.41 Å². The van der Waals surface area contributed by atoms with Crippen LogP contribution in [0.5, 0.6) is 0 Å². The molecule has 0 aliphatic carbocycles. The van der Waals surface area contributed by atoms with E-state index in [-0.39, 0.29) is 18.8 Å². The Balaban J connectivity index is 4.80. The van der Waals surface area contributed by atoms with Crippen LogP contribution in [-0.4, -0.2) is 29.4 Å². The lowest BCUT2D eigenvalue weighted by Crippen LogP contribution is -2.39. The standard InChI is InChI=1S/C9H14O5/c1-4-14-8(13)9(3,7(11)12)5-6(2)10/h4-5H2,1-3H3,(H,11,12). The Hall–Kier alpha value is -1.39. The summed E-state index contributed by atoms with van der Waals surface area (Å²) in [6, 6.07) is 0. The van der Waals surface area contributed by atoms with E-state index < -0.39 is 17.4 Å². The molecular formula is C9H14O5. The van der Waals surface area contributed by atoms with Crippen LogP contribution in [-0.2, 0) is 19.1 Å². The second-order valence-electron chi connectivity index (χ2n) is 3.24. The van der Waals surface area contributed by atoms with Gasteiger partial charge >= 0.3 is 11.9 Å². The molecule has 0 radical (unpaired) electrons. The number of Topliss-reactive ketones (excluding diaryl/α,β-unsaturated/α-hetero) is 1. The summed E-state index contributed by atoms with van der Waals surface area (Å²) in [4.78, 5) is 32.9. The summed E-state index contributed by atoms with van der Waals surface area (Å²) in [6.45, 7) is 4.10. The highest BCUT2D eigenvalue weighted by molar-refractivity contribution is 6.02. The summed E-state index contributed by atoms with van der Waals surface area (Å²) in [5.74, 6) is -2.57. The molecule has 0 amide bonds. The normalized spacial score (nSPS) is 14.2. The summed E-state index contributed by atoms with van der Waals surface area (Å²) >= 11 is 0. The zero-order chi connectivity index (χ0) is 11.4. The number of hydrogen-bond donors (Lipinski definition) is 1. The van der Waals surface area contributed by atoms with Crippen LogP contribution in [0.4, 0.5) is 0 Å². The van der Waals surface area contributed by atoms with Crippen molar-refractivity contribution in [2.24, 2.45) is 5.41 Å². The van der Waals surface area contributed by atoms with E-state index >= 15 is 0 Å². The van der Waals surface area contributed by atoms with Crippen molar-refractivity contribution in [2.45, 2.75) is 27.2 Å². The monoisotopic (exact) mass is 202 g/mol. The minimum atomic E-state index is -1.76. The van der Waals surface area contributed by atoms with Gasteiger partial charge in [0.2, 0.25) is 0 Å². The molecule has 0 aliphatic heterocycles. The Labute approximate surface area is 82.1 Å². The molecular weight excluding hydrogens is 188 g/mol. The number of ketones is 1. The van der Waals surface area contributed by atoms with Gasteiger partial charge in [0, 0.05) is 6.42 Å². The number of carboxylic acids is 1. The van der Waals surface area contributed by atoms with Crippen molar-refractivity contribution in [3.8, 4) is 0 Å². The van der Waals surface area contributed by atoms with Crippen molar-refractivity contribution in [3.05, 3.63) is 0 Å². The fourth-order valence-electron chi connectivity index (χ4n) is 1.02. The van der Waals surface area contributed by atoms with Gasteiger partial charge in [0.1, 0.15) is 5.78 Å². The third-order valence-corrected chi connectivity index (χ3v) is 1.80. The molecule has 0 rings (SSSR count). The van der Waals surface area contributed by atoms with Crippen LogP contribution < -0.4 is 0 Å². The van der Waals surface area contributed by atoms with Crippen LogP contribution in [0.2, 0.25) is 0 Å². The summed E-state index contributed by atoms with van der Waals surface area (Å²) in [5, 5.41) is 8.83. The molecule has 0 aromatic rings. The lowest BCUT2D eigenvalue weighted by Gasteiger charge is -2.20. The number of rotatable bonds is 5. The van der Waals surface area contributed by atoms with Crippen molar-refractivity contribution < 1.29 is 24.2 Å². The molecule has 1 atom stereocenters. The van der Waals surface area contributed by atoms with Gasteiger partial charge in [-0.3, -0.25) is 14.4 Å². The Morgan fingerprint density at radius 3 is 2.14 bits per heavy atom. The smallest absolute Gasteiger partial charge is 0.323 e. The molecule has 14 heavy (non-hydrogen) atoms. The molecule has 0 saturated carbocycles. The van der Waals surface area contributed by atoms with Gasteiger partial charge < -0.3 is 9.84 Å². The van der Waals surface area contributed by atoms with Crippen LogP contribution in [0.25, 0.3) is 0 Å². The van der Waals surface area contributed by atoms with Gasteiger partial charge in [-0.1, -0.05) is 0 Å². The van der Waals surface area contributed by atoms with E-state index in [1.165, 1.54) is 13.8 Å². The van der Waals surface area contributed by atoms with Gasteiger partial charge in [-0.25, -0.2) is 0 Å². The second-order valence-corrected chi connectivity index (χ2v) is 3.24. The Bertz CT molecular complexity index is 258. The lowest BCUT2D eigenvalue weighted by molar-refractivity contribution is -0.168. The molecule has 0 aromatic heterocycles. The van der Waals surface area contributed by atoms with Crippen LogP contribution in [0.15, 0.2) is 0 Å². The first-order valence-corrected chi connectivity index (χ1v) is 4.24. The highest BCUT2D eigenvalue weighted by Gasteiger charge is 2.43. The highest BCUT2D eigenvalue weighted by Crippen LogP contribution is 2.24.